The minimum atomic E-state index is -0.258. The largest absolute Gasteiger partial charge is 0.346 e. The number of halogens is 1. The molecule has 1 amide bonds. The highest BCUT2D eigenvalue weighted by molar-refractivity contribution is 5.78. The van der Waals surface area contributed by atoms with Gasteiger partial charge in [0.25, 0.3) is 0 Å². The predicted molar refractivity (Wildman–Crippen MR) is 70.4 cm³/mol. The molecule has 6 heteroatoms. The fraction of sp³-hybridized carbons (Fsp3) is 0.357. The third kappa shape index (κ3) is 2.54. The number of hydrogen-bond donors (Lipinski definition) is 1. The van der Waals surface area contributed by atoms with Gasteiger partial charge < -0.3 is 5.32 Å². The first-order valence-electron chi connectivity index (χ1n) is 6.57. The Hall–Kier alpha value is -2.24. The fourth-order valence-electron chi connectivity index (χ4n) is 2.42. The van der Waals surface area contributed by atoms with Gasteiger partial charge in [0, 0.05) is 6.42 Å². The van der Waals surface area contributed by atoms with Crippen LogP contribution in [0, 0.1) is 12.7 Å². The Bertz CT molecular complexity index is 635. The first-order chi connectivity index (χ1) is 9.61. The van der Waals surface area contributed by atoms with Crippen molar-refractivity contribution in [3.05, 3.63) is 47.3 Å². The number of benzene rings is 1. The summed E-state index contributed by atoms with van der Waals surface area (Å²) in [5.74, 6) is 1.22. The van der Waals surface area contributed by atoms with Crippen LogP contribution in [0.15, 0.2) is 24.3 Å². The van der Waals surface area contributed by atoms with Gasteiger partial charge in [-0.3, -0.25) is 4.79 Å². The lowest BCUT2D eigenvalue weighted by molar-refractivity contribution is -0.119. The van der Waals surface area contributed by atoms with Crippen molar-refractivity contribution in [1.29, 1.82) is 0 Å². The number of aromatic nitrogens is 3. The Morgan fingerprint density at radius 3 is 2.80 bits per heavy atom. The highest BCUT2D eigenvalue weighted by atomic mass is 19.1. The van der Waals surface area contributed by atoms with Gasteiger partial charge >= 0.3 is 0 Å². The van der Waals surface area contributed by atoms with Gasteiger partial charge in [0.1, 0.15) is 17.5 Å². The second-order valence-corrected chi connectivity index (χ2v) is 4.96. The van der Waals surface area contributed by atoms with Crippen LogP contribution in [-0.4, -0.2) is 20.7 Å². The molecule has 1 aliphatic rings. The predicted octanol–water partition coefficient (Wildman–Crippen LogP) is 1.73. The normalized spacial score (nSPS) is 18.3. The van der Waals surface area contributed by atoms with Crippen molar-refractivity contribution < 1.29 is 9.18 Å². The number of nitrogens with one attached hydrogen (secondary N) is 1. The molecular formula is C14H15FN4O. The summed E-state index contributed by atoms with van der Waals surface area (Å²) < 4.78 is 14.7. The quantitative estimate of drug-likeness (QED) is 0.927. The number of rotatable bonds is 3. The van der Waals surface area contributed by atoms with Gasteiger partial charge in [-0.05, 0) is 31.0 Å². The SMILES string of the molecule is Cc1nc(C2CCC(=O)N2)n(Cc2ccc(F)cc2)n1. The summed E-state index contributed by atoms with van der Waals surface area (Å²) >= 11 is 0. The molecule has 1 aromatic heterocycles. The highest BCUT2D eigenvalue weighted by Gasteiger charge is 2.27. The summed E-state index contributed by atoms with van der Waals surface area (Å²) in [6.45, 7) is 2.34. The second-order valence-electron chi connectivity index (χ2n) is 4.96. The molecule has 3 rings (SSSR count). The van der Waals surface area contributed by atoms with Crippen LogP contribution in [0.2, 0.25) is 0 Å². The van der Waals surface area contributed by atoms with E-state index in [0.29, 0.717) is 18.8 Å². The lowest BCUT2D eigenvalue weighted by Gasteiger charge is -2.11. The topological polar surface area (TPSA) is 59.8 Å². The molecule has 2 heterocycles. The maximum Gasteiger partial charge on any atom is 0.220 e. The van der Waals surface area contributed by atoms with E-state index in [2.05, 4.69) is 15.4 Å². The van der Waals surface area contributed by atoms with E-state index in [1.165, 1.54) is 12.1 Å². The van der Waals surface area contributed by atoms with E-state index in [0.717, 1.165) is 17.8 Å². The summed E-state index contributed by atoms with van der Waals surface area (Å²) in [7, 11) is 0. The Morgan fingerprint density at radius 2 is 2.15 bits per heavy atom. The number of carbonyl (C=O) groups excluding carboxylic acids is 1. The van der Waals surface area contributed by atoms with Crippen LogP contribution in [-0.2, 0) is 11.3 Å². The molecule has 20 heavy (non-hydrogen) atoms. The van der Waals surface area contributed by atoms with Crippen molar-refractivity contribution in [2.75, 3.05) is 0 Å². The molecule has 1 N–H and O–H groups in total. The van der Waals surface area contributed by atoms with Crippen LogP contribution in [0.5, 0.6) is 0 Å². The molecule has 1 atom stereocenters. The summed E-state index contributed by atoms with van der Waals surface area (Å²) in [5.41, 5.74) is 0.946. The Balaban J connectivity index is 1.86. The molecule has 0 bridgehead atoms. The fourth-order valence-corrected chi connectivity index (χ4v) is 2.42. The Morgan fingerprint density at radius 1 is 1.40 bits per heavy atom. The van der Waals surface area contributed by atoms with Crippen LogP contribution in [0.4, 0.5) is 4.39 Å². The van der Waals surface area contributed by atoms with Crippen LogP contribution in [0.3, 0.4) is 0 Å². The van der Waals surface area contributed by atoms with Gasteiger partial charge in [-0.15, -0.1) is 0 Å². The molecule has 1 aliphatic heterocycles. The molecule has 5 nitrogen and oxygen atoms in total. The average Bonchev–Trinajstić information content (AvgIpc) is 2.98. The first kappa shape index (κ1) is 12.8. The summed E-state index contributed by atoms with van der Waals surface area (Å²) in [6.07, 6.45) is 1.26. The minimum Gasteiger partial charge on any atom is -0.346 e. The van der Waals surface area contributed by atoms with E-state index in [1.54, 1.807) is 16.8 Å². The van der Waals surface area contributed by atoms with E-state index in [4.69, 9.17) is 0 Å². The van der Waals surface area contributed by atoms with Crippen LogP contribution in [0.1, 0.15) is 36.1 Å². The molecular weight excluding hydrogens is 259 g/mol. The molecule has 1 aromatic carbocycles. The average molecular weight is 274 g/mol. The molecule has 1 saturated heterocycles. The molecule has 1 unspecified atom stereocenters. The van der Waals surface area contributed by atoms with Gasteiger partial charge in [-0.1, -0.05) is 12.1 Å². The van der Waals surface area contributed by atoms with Crippen molar-refractivity contribution in [3.8, 4) is 0 Å². The number of amides is 1. The maximum atomic E-state index is 12.9. The third-order valence-corrected chi connectivity index (χ3v) is 3.36. The van der Waals surface area contributed by atoms with Gasteiger partial charge in [-0.2, -0.15) is 5.10 Å². The first-order valence-corrected chi connectivity index (χ1v) is 6.57. The lowest BCUT2D eigenvalue weighted by atomic mass is 10.2. The van der Waals surface area contributed by atoms with Crippen molar-refractivity contribution >= 4 is 5.91 Å². The third-order valence-electron chi connectivity index (χ3n) is 3.36. The van der Waals surface area contributed by atoms with Crippen LogP contribution < -0.4 is 5.32 Å². The smallest absolute Gasteiger partial charge is 0.220 e. The Kier molecular flexibility index (Phi) is 3.22. The zero-order valence-corrected chi connectivity index (χ0v) is 11.1. The van der Waals surface area contributed by atoms with Gasteiger partial charge in [0.15, 0.2) is 0 Å². The van der Waals surface area contributed by atoms with Crippen molar-refractivity contribution in [1.82, 2.24) is 20.1 Å². The zero-order valence-electron chi connectivity index (χ0n) is 11.1. The standard InChI is InChI=1S/C14H15FN4O/c1-9-16-14(12-6-7-13(20)17-12)19(18-9)8-10-2-4-11(15)5-3-10/h2-5,12H,6-8H2,1H3,(H,17,20). The Labute approximate surface area is 115 Å². The van der Waals surface area contributed by atoms with E-state index in [9.17, 15) is 9.18 Å². The minimum absolute atomic E-state index is 0.0454. The number of carbonyl (C=O) groups is 1. The van der Waals surface area contributed by atoms with Crippen molar-refractivity contribution in [2.24, 2.45) is 0 Å². The van der Waals surface area contributed by atoms with Gasteiger partial charge in [0.2, 0.25) is 5.91 Å². The second kappa shape index (κ2) is 5.03. The number of aryl methyl sites for hydroxylation is 1. The molecule has 0 spiro atoms. The maximum absolute atomic E-state index is 12.9. The molecule has 0 radical (unpaired) electrons. The van der Waals surface area contributed by atoms with E-state index < -0.39 is 0 Å². The molecule has 2 aromatic rings. The summed E-state index contributed by atoms with van der Waals surface area (Å²) in [4.78, 5) is 15.7. The zero-order chi connectivity index (χ0) is 14.1. The number of hydrogen-bond acceptors (Lipinski definition) is 3. The highest BCUT2D eigenvalue weighted by Crippen LogP contribution is 2.22. The van der Waals surface area contributed by atoms with Crippen molar-refractivity contribution in [3.63, 3.8) is 0 Å². The van der Waals surface area contributed by atoms with Gasteiger partial charge in [0.05, 0.1) is 12.6 Å². The summed E-state index contributed by atoms with van der Waals surface area (Å²) in [6, 6.07) is 6.23. The molecule has 0 aliphatic carbocycles. The summed E-state index contributed by atoms with van der Waals surface area (Å²) in [5, 5.41) is 7.25. The van der Waals surface area contributed by atoms with Crippen molar-refractivity contribution in [2.45, 2.75) is 32.4 Å². The molecule has 1 fully saturated rings. The van der Waals surface area contributed by atoms with Crippen LogP contribution >= 0.6 is 0 Å². The number of nitrogens with zero attached hydrogens (tertiary/aromatic N) is 3. The van der Waals surface area contributed by atoms with E-state index in [1.807, 2.05) is 6.92 Å². The van der Waals surface area contributed by atoms with E-state index >= 15 is 0 Å². The monoisotopic (exact) mass is 274 g/mol. The van der Waals surface area contributed by atoms with E-state index in [-0.39, 0.29) is 17.8 Å². The molecule has 104 valence electrons. The molecule has 0 saturated carbocycles. The van der Waals surface area contributed by atoms with Gasteiger partial charge in [-0.25, -0.2) is 14.1 Å². The lowest BCUT2D eigenvalue weighted by Crippen LogP contribution is -2.22. The van der Waals surface area contributed by atoms with Crippen LogP contribution in [0.25, 0.3) is 0 Å².